The summed E-state index contributed by atoms with van der Waals surface area (Å²) < 4.78 is 5.19. The van der Waals surface area contributed by atoms with Crippen LogP contribution >= 0.6 is 11.6 Å². The number of hydrogen-bond acceptors (Lipinski definition) is 4. The molecule has 0 aromatic heterocycles. The summed E-state index contributed by atoms with van der Waals surface area (Å²) in [6.07, 6.45) is 0.271. The van der Waals surface area contributed by atoms with E-state index in [1.807, 2.05) is 0 Å². The van der Waals surface area contributed by atoms with Gasteiger partial charge in [-0.3, -0.25) is 4.79 Å². The molecule has 0 aliphatic carbocycles. The normalized spacial score (nSPS) is 17.4. The van der Waals surface area contributed by atoms with Gasteiger partial charge in [-0.2, -0.15) is 0 Å². The van der Waals surface area contributed by atoms with Crippen LogP contribution in [0.2, 0.25) is 5.02 Å². The minimum absolute atomic E-state index is 0.0384. The Balaban J connectivity index is 2.40. The van der Waals surface area contributed by atoms with Crippen LogP contribution in [0.3, 0.4) is 0 Å². The predicted octanol–water partition coefficient (Wildman–Crippen LogP) is 0.497. The molecule has 1 heterocycles. The van der Waals surface area contributed by atoms with Crippen LogP contribution in [0.15, 0.2) is 12.1 Å². The van der Waals surface area contributed by atoms with Gasteiger partial charge >= 0.3 is 13.1 Å². The Morgan fingerprint density at radius 3 is 2.79 bits per heavy atom. The fourth-order valence-electron chi connectivity index (χ4n) is 2.02. The van der Waals surface area contributed by atoms with Crippen molar-refractivity contribution < 1.29 is 24.4 Å². The molecule has 6 nitrogen and oxygen atoms in total. The molecule has 1 atom stereocenters. The minimum atomic E-state index is -1.31. The van der Waals surface area contributed by atoms with Crippen LogP contribution in [0.1, 0.15) is 22.8 Å². The van der Waals surface area contributed by atoms with E-state index in [9.17, 15) is 14.6 Å². The third-order valence-corrected chi connectivity index (χ3v) is 3.13. The minimum Gasteiger partial charge on any atom is -0.534 e. The lowest BCUT2D eigenvalue weighted by molar-refractivity contribution is -0.119. The molecular weight excluding hydrogens is 272 g/mol. The van der Waals surface area contributed by atoms with Crippen LogP contribution in [0.5, 0.6) is 5.75 Å². The molecule has 1 unspecified atom stereocenters. The van der Waals surface area contributed by atoms with E-state index in [-0.39, 0.29) is 28.7 Å². The van der Waals surface area contributed by atoms with Crippen LogP contribution in [0.4, 0.5) is 0 Å². The molecule has 0 bridgehead atoms. The zero-order valence-electron chi connectivity index (χ0n) is 10.0. The van der Waals surface area contributed by atoms with Crippen molar-refractivity contribution in [2.24, 2.45) is 0 Å². The van der Waals surface area contributed by atoms with Crippen LogP contribution in [0.25, 0.3) is 0 Å². The van der Waals surface area contributed by atoms with Gasteiger partial charge < -0.3 is 20.1 Å². The number of carboxylic acid groups (broad SMARTS) is 1. The largest absolute Gasteiger partial charge is 0.547 e. The molecule has 2 rings (SSSR count). The van der Waals surface area contributed by atoms with Gasteiger partial charge in [-0.15, -0.1) is 0 Å². The maximum absolute atomic E-state index is 11.1. The Kier molecular flexibility index (Phi) is 3.68. The first-order chi connectivity index (χ1) is 8.90. The predicted molar refractivity (Wildman–Crippen MR) is 68.3 cm³/mol. The number of fused-ring (bicyclic) bond motifs is 1. The number of carbonyl (C=O) groups excluding carboxylic acids is 1. The number of nitrogens with one attached hydrogen (secondary N) is 1. The van der Waals surface area contributed by atoms with Crippen molar-refractivity contribution in [2.45, 2.75) is 19.3 Å². The fraction of sp³-hybridized carbons (Fsp3) is 0.273. The molecule has 0 fully saturated rings. The highest BCUT2D eigenvalue weighted by Crippen LogP contribution is 2.34. The van der Waals surface area contributed by atoms with Gasteiger partial charge in [0.1, 0.15) is 11.3 Å². The van der Waals surface area contributed by atoms with Crippen molar-refractivity contribution >= 4 is 30.6 Å². The molecular formula is C11H11BClNO5. The SMILES string of the molecule is CC(=O)NC1Cc2ccc(Cl)c(C(=O)O)c2OB1O. The number of aromatic carboxylic acids is 1. The number of benzene rings is 1. The molecule has 19 heavy (non-hydrogen) atoms. The molecule has 1 aromatic rings. The monoisotopic (exact) mass is 283 g/mol. The molecule has 1 aliphatic rings. The highest BCUT2D eigenvalue weighted by Gasteiger charge is 2.37. The van der Waals surface area contributed by atoms with E-state index in [4.69, 9.17) is 21.4 Å². The van der Waals surface area contributed by atoms with Gasteiger partial charge in [0.05, 0.1) is 11.0 Å². The summed E-state index contributed by atoms with van der Waals surface area (Å²) in [4.78, 5) is 22.1. The summed E-state index contributed by atoms with van der Waals surface area (Å²) >= 11 is 5.81. The molecule has 0 radical (unpaired) electrons. The Morgan fingerprint density at radius 2 is 2.21 bits per heavy atom. The number of amides is 1. The first kappa shape index (κ1) is 13.7. The summed E-state index contributed by atoms with van der Waals surface area (Å²) in [7, 11) is -1.31. The quantitative estimate of drug-likeness (QED) is 0.687. The Morgan fingerprint density at radius 1 is 1.53 bits per heavy atom. The van der Waals surface area contributed by atoms with E-state index in [1.54, 1.807) is 6.07 Å². The number of carbonyl (C=O) groups is 2. The van der Waals surface area contributed by atoms with Gasteiger partial charge in [-0.05, 0) is 18.1 Å². The Labute approximate surface area is 114 Å². The summed E-state index contributed by atoms with van der Waals surface area (Å²) in [5.41, 5.74) is 0.394. The molecule has 3 N–H and O–H groups in total. The van der Waals surface area contributed by atoms with Gasteiger partial charge in [-0.25, -0.2) is 4.79 Å². The number of carboxylic acids is 1. The lowest BCUT2D eigenvalue weighted by Crippen LogP contribution is -2.52. The summed E-state index contributed by atoms with van der Waals surface area (Å²) in [5, 5.41) is 21.5. The van der Waals surface area contributed by atoms with Crippen LogP contribution in [-0.4, -0.2) is 35.1 Å². The average Bonchev–Trinajstić information content (AvgIpc) is 2.29. The lowest BCUT2D eigenvalue weighted by Gasteiger charge is -2.28. The molecule has 0 saturated carbocycles. The molecule has 0 spiro atoms. The van der Waals surface area contributed by atoms with Gasteiger partial charge in [0.15, 0.2) is 0 Å². The van der Waals surface area contributed by atoms with E-state index in [1.165, 1.54) is 13.0 Å². The molecule has 1 aromatic carbocycles. The first-order valence-corrected chi connectivity index (χ1v) is 5.94. The van der Waals surface area contributed by atoms with E-state index in [2.05, 4.69) is 5.32 Å². The number of rotatable bonds is 2. The number of hydrogen-bond donors (Lipinski definition) is 3. The highest BCUT2D eigenvalue weighted by atomic mass is 35.5. The summed E-state index contributed by atoms with van der Waals surface area (Å²) in [6, 6.07) is 3.07. The zero-order chi connectivity index (χ0) is 14.2. The molecule has 100 valence electrons. The molecule has 1 amide bonds. The molecule has 8 heteroatoms. The van der Waals surface area contributed by atoms with E-state index >= 15 is 0 Å². The standard InChI is InChI=1S/C11H11BClNO5/c1-5(15)14-8-4-6-2-3-7(13)9(11(16)17)10(6)19-12(8)18/h2-3,8,18H,4H2,1H3,(H,14,15)(H,16,17). The summed E-state index contributed by atoms with van der Waals surface area (Å²) in [5.74, 6) is -2.10. The van der Waals surface area contributed by atoms with Crippen LogP contribution < -0.4 is 9.97 Å². The third kappa shape index (κ3) is 2.67. The van der Waals surface area contributed by atoms with Crippen molar-refractivity contribution in [3.63, 3.8) is 0 Å². The lowest BCUT2D eigenvalue weighted by atomic mass is 9.72. The van der Waals surface area contributed by atoms with Gasteiger partial charge in [0, 0.05) is 6.92 Å². The van der Waals surface area contributed by atoms with Gasteiger partial charge in [0.2, 0.25) is 5.91 Å². The maximum atomic E-state index is 11.1. The van der Waals surface area contributed by atoms with Crippen molar-refractivity contribution in [1.29, 1.82) is 0 Å². The van der Waals surface area contributed by atoms with Gasteiger partial charge in [-0.1, -0.05) is 17.7 Å². The van der Waals surface area contributed by atoms with Crippen LogP contribution in [0, 0.1) is 0 Å². The second-order valence-electron chi connectivity index (χ2n) is 4.24. The Hall–Kier alpha value is -1.73. The second-order valence-corrected chi connectivity index (χ2v) is 4.64. The van der Waals surface area contributed by atoms with Gasteiger partial charge in [0.25, 0.3) is 0 Å². The smallest absolute Gasteiger partial charge is 0.534 e. The maximum Gasteiger partial charge on any atom is 0.547 e. The number of halogens is 1. The van der Waals surface area contributed by atoms with E-state index in [0.29, 0.717) is 5.56 Å². The van der Waals surface area contributed by atoms with Crippen molar-refractivity contribution in [1.82, 2.24) is 5.32 Å². The molecule has 1 aliphatic heterocycles. The van der Waals surface area contributed by atoms with Crippen molar-refractivity contribution in [2.75, 3.05) is 0 Å². The van der Waals surface area contributed by atoms with Crippen molar-refractivity contribution in [3.8, 4) is 5.75 Å². The van der Waals surface area contributed by atoms with Crippen LogP contribution in [-0.2, 0) is 11.2 Å². The average molecular weight is 283 g/mol. The van der Waals surface area contributed by atoms with E-state index in [0.717, 1.165) is 0 Å². The topological polar surface area (TPSA) is 95.9 Å². The van der Waals surface area contributed by atoms with E-state index < -0.39 is 19.0 Å². The molecule has 0 saturated heterocycles. The Bertz CT molecular complexity index is 550. The second kappa shape index (κ2) is 5.10. The first-order valence-electron chi connectivity index (χ1n) is 5.56. The fourth-order valence-corrected chi connectivity index (χ4v) is 2.25. The summed E-state index contributed by atoms with van der Waals surface area (Å²) in [6.45, 7) is 1.33. The third-order valence-electron chi connectivity index (χ3n) is 2.81. The highest BCUT2D eigenvalue weighted by molar-refractivity contribution is 6.47. The van der Waals surface area contributed by atoms with Crippen molar-refractivity contribution in [3.05, 3.63) is 28.3 Å². The zero-order valence-corrected chi connectivity index (χ0v) is 10.8.